The van der Waals surface area contributed by atoms with E-state index in [9.17, 15) is 9.90 Å². The van der Waals surface area contributed by atoms with Crippen molar-refractivity contribution in [2.24, 2.45) is 11.8 Å². The topological polar surface area (TPSA) is 46.5 Å². The van der Waals surface area contributed by atoms with Crippen LogP contribution < -0.4 is 0 Å². The lowest BCUT2D eigenvalue weighted by molar-refractivity contribution is -0.125. The van der Waals surface area contributed by atoms with E-state index in [1.165, 1.54) is 0 Å². The molecule has 68 valence electrons. The molecule has 5 atom stereocenters. The molecule has 2 aliphatic heterocycles. The van der Waals surface area contributed by atoms with Crippen molar-refractivity contribution in [1.29, 1.82) is 0 Å². The molecule has 2 bridgehead atoms. The average Bonchev–Trinajstić information content (AvgIpc) is 2.44. The Hall–Kier alpha value is -0.410. The highest BCUT2D eigenvalue weighted by Crippen LogP contribution is 2.43. The maximum absolute atomic E-state index is 11.2. The molecule has 0 amide bonds. The van der Waals surface area contributed by atoms with Gasteiger partial charge in [-0.3, -0.25) is 4.79 Å². The zero-order valence-electron chi connectivity index (χ0n) is 7.36. The van der Waals surface area contributed by atoms with Crippen molar-refractivity contribution in [1.82, 2.24) is 0 Å². The van der Waals surface area contributed by atoms with Gasteiger partial charge in [0.05, 0.1) is 24.2 Å². The molecule has 0 aliphatic carbocycles. The van der Waals surface area contributed by atoms with Gasteiger partial charge in [-0.2, -0.15) is 0 Å². The van der Waals surface area contributed by atoms with Gasteiger partial charge in [0.2, 0.25) is 0 Å². The Balaban J connectivity index is 2.20. The minimum Gasteiger partial charge on any atom is -0.390 e. The van der Waals surface area contributed by atoms with Gasteiger partial charge in [0.1, 0.15) is 5.78 Å². The molecule has 12 heavy (non-hydrogen) atoms. The number of rotatable bonds is 1. The molecule has 3 nitrogen and oxygen atoms in total. The number of carbonyl (C=O) groups excluding carboxylic acids is 1. The van der Waals surface area contributed by atoms with Gasteiger partial charge in [-0.15, -0.1) is 0 Å². The largest absolute Gasteiger partial charge is 0.390 e. The molecule has 0 radical (unpaired) electrons. The molecule has 0 aromatic heterocycles. The smallest absolute Gasteiger partial charge is 0.135 e. The monoisotopic (exact) mass is 170 g/mol. The summed E-state index contributed by atoms with van der Waals surface area (Å²) in [6, 6.07) is 0. The Morgan fingerprint density at radius 3 is 2.67 bits per heavy atom. The molecule has 2 fully saturated rings. The van der Waals surface area contributed by atoms with Crippen LogP contribution in [0.15, 0.2) is 0 Å². The van der Waals surface area contributed by atoms with Crippen molar-refractivity contribution in [2.45, 2.75) is 38.6 Å². The molecule has 3 heteroatoms. The van der Waals surface area contributed by atoms with Crippen molar-refractivity contribution < 1.29 is 14.6 Å². The van der Waals surface area contributed by atoms with Gasteiger partial charge in [-0.1, -0.05) is 6.92 Å². The molecule has 4 unspecified atom stereocenters. The normalized spacial score (nSPS) is 51.4. The molecule has 2 saturated heterocycles. The van der Waals surface area contributed by atoms with E-state index in [-0.39, 0.29) is 29.8 Å². The van der Waals surface area contributed by atoms with Crippen LogP contribution in [0.2, 0.25) is 0 Å². The third kappa shape index (κ3) is 0.930. The number of fused-ring (bicyclic) bond motifs is 2. The van der Waals surface area contributed by atoms with Crippen molar-refractivity contribution in [3.8, 4) is 0 Å². The van der Waals surface area contributed by atoms with Crippen molar-refractivity contribution in [3.63, 3.8) is 0 Å². The van der Waals surface area contributed by atoms with Crippen LogP contribution >= 0.6 is 0 Å². The van der Waals surface area contributed by atoms with Gasteiger partial charge in [-0.25, -0.2) is 0 Å². The Labute approximate surface area is 71.7 Å². The molecular weight excluding hydrogens is 156 g/mol. The molecule has 0 aromatic carbocycles. The molecule has 0 saturated carbocycles. The number of aliphatic hydroxyl groups excluding tert-OH is 1. The number of carbonyl (C=O) groups is 1. The molecule has 0 spiro atoms. The van der Waals surface area contributed by atoms with Gasteiger partial charge < -0.3 is 9.84 Å². The van der Waals surface area contributed by atoms with Crippen LogP contribution in [-0.4, -0.2) is 29.2 Å². The summed E-state index contributed by atoms with van der Waals surface area (Å²) in [7, 11) is 0. The minimum atomic E-state index is -0.417. The fourth-order valence-electron chi connectivity index (χ4n) is 2.51. The second-order valence-corrected chi connectivity index (χ2v) is 3.94. The Morgan fingerprint density at radius 2 is 2.25 bits per heavy atom. The predicted octanol–water partition coefficient (Wildman–Crippen LogP) is 0.360. The summed E-state index contributed by atoms with van der Waals surface area (Å²) in [5.41, 5.74) is 0. The Morgan fingerprint density at radius 1 is 1.58 bits per heavy atom. The van der Waals surface area contributed by atoms with Gasteiger partial charge in [0, 0.05) is 6.42 Å². The van der Waals surface area contributed by atoms with E-state index in [0.29, 0.717) is 6.42 Å². The van der Waals surface area contributed by atoms with Gasteiger partial charge >= 0.3 is 0 Å². The summed E-state index contributed by atoms with van der Waals surface area (Å²) in [5, 5.41) is 9.48. The van der Waals surface area contributed by atoms with E-state index in [1.54, 1.807) is 6.92 Å². The number of hydrogen-bond acceptors (Lipinski definition) is 3. The van der Waals surface area contributed by atoms with Gasteiger partial charge in [-0.05, 0) is 12.8 Å². The summed E-state index contributed by atoms with van der Waals surface area (Å²) in [6.45, 7) is 3.61. The Bertz CT molecular complexity index is 214. The van der Waals surface area contributed by atoms with E-state index in [1.807, 2.05) is 6.92 Å². The lowest BCUT2D eigenvalue weighted by Crippen LogP contribution is -2.38. The standard InChI is InChI=1S/C9H14O3/c1-4-7-3-6(11)9(12-7)8(4)5(2)10/h4,6-9,11H,3H2,1-2H3/t4-,6?,7?,8?,9?/m1/s1. The van der Waals surface area contributed by atoms with E-state index < -0.39 is 6.10 Å². The predicted molar refractivity (Wildman–Crippen MR) is 42.6 cm³/mol. The van der Waals surface area contributed by atoms with Crippen LogP contribution in [0.25, 0.3) is 0 Å². The maximum Gasteiger partial charge on any atom is 0.135 e. The fraction of sp³-hybridized carbons (Fsp3) is 0.889. The first-order valence-corrected chi connectivity index (χ1v) is 4.45. The first kappa shape index (κ1) is 8.20. The Kier molecular flexibility index (Phi) is 1.73. The SMILES string of the molecule is CC(=O)C1C2OC(CC2O)[C@H]1C. The minimum absolute atomic E-state index is 0.0706. The van der Waals surface area contributed by atoms with Crippen LogP contribution in [-0.2, 0) is 9.53 Å². The zero-order valence-corrected chi connectivity index (χ0v) is 7.36. The van der Waals surface area contributed by atoms with Gasteiger partial charge in [0.15, 0.2) is 0 Å². The first-order chi connectivity index (χ1) is 5.61. The van der Waals surface area contributed by atoms with Crippen molar-refractivity contribution in [3.05, 3.63) is 0 Å². The van der Waals surface area contributed by atoms with Gasteiger partial charge in [0.25, 0.3) is 0 Å². The van der Waals surface area contributed by atoms with Crippen LogP contribution in [0.1, 0.15) is 20.3 Å². The zero-order chi connectivity index (χ0) is 8.88. The van der Waals surface area contributed by atoms with Crippen LogP contribution in [0.4, 0.5) is 0 Å². The van der Waals surface area contributed by atoms with Crippen LogP contribution in [0.5, 0.6) is 0 Å². The summed E-state index contributed by atoms with van der Waals surface area (Å²) in [6.07, 6.45) is 0.178. The van der Waals surface area contributed by atoms with E-state index >= 15 is 0 Å². The second kappa shape index (κ2) is 2.54. The molecule has 0 aromatic rings. The highest BCUT2D eigenvalue weighted by molar-refractivity contribution is 5.80. The highest BCUT2D eigenvalue weighted by Gasteiger charge is 2.53. The number of hydrogen-bond donors (Lipinski definition) is 1. The third-order valence-corrected chi connectivity index (χ3v) is 3.16. The highest BCUT2D eigenvalue weighted by atomic mass is 16.5. The lowest BCUT2D eigenvalue weighted by atomic mass is 9.77. The lowest BCUT2D eigenvalue weighted by Gasteiger charge is -2.25. The summed E-state index contributed by atoms with van der Waals surface area (Å²) >= 11 is 0. The number of ether oxygens (including phenoxy) is 1. The van der Waals surface area contributed by atoms with E-state index in [4.69, 9.17) is 4.74 Å². The number of Topliss-reactive ketones (excluding diaryl/α,β-unsaturated/α-hetero) is 1. The maximum atomic E-state index is 11.2. The van der Waals surface area contributed by atoms with E-state index in [2.05, 4.69) is 0 Å². The van der Waals surface area contributed by atoms with Crippen LogP contribution in [0.3, 0.4) is 0 Å². The summed E-state index contributed by atoms with van der Waals surface area (Å²) in [4.78, 5) is 11.2. The fourth-order valence-corrected chi connectivity index (χ4v) is 2.51. The number of aliphatic hydroxyl groups is 1. The van der Waals surface area contributed by atoms with Crippen molar-refractivity contribution >= 4 is 5.78 Å². The third-order valence-electron chi connectivity index (χ3n) is 3.16. The molecule has 2 heterocycles. The quantitative estimate of drug-likeness (QED) is 0.618. The molecular formula is C9H14O3. The molecule has 2 aliphatic rings. The first-order valence-electron chi connectivity index (χ1n) is 4.45. The van der Waals surface area contributed by atoms with Crippen LogP contribution in [0, 0.1) is 11.8 Å². The second-order valence-electron chi connectivity index (χ2n) is 3.94. The van der Waals surface area contributed by atoms with E-state index in [0.717, 1.165) is 0 Å². The molecule has 2 rings (SSSR count). The summed E-state index contributed by atoms with van der Waals surface area (Å²) in [5.74, 6) is 0.364. The summed E-state index contributed by atoms with van der Waals surface area (Å²) < 4.78 is 5.50. The van der Waals surface area contributed by atoms with Crippen molar-refractivity contribution in [2.75, 3.05) is 0 Å². The molecule has 1 N–H and O–H groups in total. The average molecular weight is 170 g/mol. The number of ketones is 1.